The molecule has 25 heavy (non-hydrogen) atoms. The van der Waals surface area contributed by atoms with Crippen LogP contribution in [0.3, 0.4) is 0 Å². The first-order valence-corrected chi connectivity index (χ1v) is 8.44. The number of piperidine rings is 1. The second-order valence-electron chi connectivity index (χ2n) is 5.82. The third-order valence-corrected chi connectivity index (χ3v) is 4.20. The zero-order valence-electron chi connectivity index (χ0n) is 15.0. The van der Waals surface area contributed by atoms with E-state index in [2.05, 4.69) is 0 Å². The molecule has 0 N–H and O–H groups in total. The van der Waals surface area contributed by atoms with Crippen molar-refractivity contribution < 1.29 is 23.8 Å². The van der Waals surface area contributed by atoms with Crippen molar-refractivity contribution in [2.24, 2.45) is 5.92 Å². The molecule has 1 atom stereocenters. The lowest BCUT2D eigenvalue weighted by atomic mass is 9.98. The Balaban J connectivity index is 2.06. The summed E-state index contributed by atoms with van der Waals surface area (Å²) in [5.41, 5.74) is 0.758. The van der Waals surface area contributed by atoms with E-state index in [1.54, 1.807) is 50.3 Å². The monoisotopic (exact) mass is 347 g/mol. The van der Waals surface area contributed by atoms with Gasteiger partial charge in [0.25, 0.3) is 0 Å². The molecule has 0 bridgehead atoms. The molecule has 1 aliphatic heterocycles. The highest BCUT2D eigenvalue weighted by Gasteiger charge is 2.28. The minimum Gasteiger partial charge on any atom is -0.497 e. The quantitative estimate of drug-likeness (QED) is 0.584. The predicted octanol–water partition coefficient (Wildman–Crippen LogP) is 2.52. The largest absolute Gasteiger partial charge is 0.497 e. The van der Waals surface area contributed by atoms with Gasteiger partial charge in [-0.2, -0.15) is 0 Å². The lowest BCUT2D eigenvalue weighted by Crippen LogP contribution is -2.42. The molecule has 1 amide bonds. The summed E-state index contributed by atoms with van der Waals surface area (Å²) in [6.07, 6.45) is 4.77. The molecule has 6 nitrogen and oxygen atoms in total. The lowest BCUT2D eigenvalue weighted by Gasteiger charge is -2.30. The smallest absolute Gasteiger partial charge is 0.310 e. The fourth-order valence-electron chi connectivity index (χ4n) is 2.87. The summed E-state index contributed by atoms with van der Waals surface area (Å²) in [5, 5.41) is 0. The zero-order valence-corrected chi connectivity index (χ0v) is 15.0. The van der Waals surface area contributed by atoms with Crippen LogP contribution >= 0.6 is 0 Å². The van der Waals surface area contributed by atoms with Crippen LogP contribution in [0, 0.1) is 5.92 Å². The van der Waals surface area contributed by atoms with Gasteiger partial charge in [0.15, 0.2) is 0 Å². The molecule has 0 radical (unpaired) electrons. The number of likely N-dealkylation sites (tertiary alicyclic amines) is 1. The van der Waals surface area contributed by atoms with Crippen LogP contribution in [0.2, 0.25) is 0 Å². The van der Waals surface area contributed by atoms with Gasteiger partial charge in [-0.05, 0) is 44.0 Å². The van der Waals surface area contributed by atoms with Crippen LogP contribution in [0.1, 0.15) is 25.3 Å². The average Bonchev–Trinajstić information content (AvgIpc) is 2.66. The average molecular weight is 347 g/mol. The maximum absolute atomic E-state index is 12.5. The van der Waals surface area contributed by atoms with Gasteiger partial charge in [-0.1, -0.05) is 0 Å². The molecule has 0 aliphatic carbocycles. The number of methoxy groups -OCH3 is 2. The minimum absolute atomic E-state index is 0.126. The van der Waals surface area contributed by atoms with Crippen molar-refractivity contribution in [3.63, 3.8) is 0 Å². The highest BCUT2D eigenvalue weighted by Crippen LogP contribution is 2.25. The molecule has 1 aromatic rings. The number of amides is 1. The van der Waals surface area contributed by atoms with Gasteiger partial charge in [0.2, 0.25) is 5.91 Å². The molecule has 0 spiro atoms. The van der Waals surface area contributed by atoms with Crippen molar-refractivity contribution >= 4 is 18.0 Å². The van der Waals surface area contributed by atoms with Gasteiger partial charge in [0, 0.05) is 24.7 Å². The van der Waals surface area contributed by atoms with Crippen molar-refractivity contribution in [1.29, 1.82) is 0 Å². The van der Waals surface area contributed by atoms with E-state index in [4.69, 9.17) is 14.2 Å². The topological polar surface area (TPSA) is 65.1 Å². The second kappa shape index (κ2) is 9.11. The number of hydrogen-bond donors (Lipinski definition) is 0. The van der Waals surface area contributed by atoms with E-state index in [1.807, 2.05) is 0 Å². The van der Waals surface area contributed by atoms with Crippen LogP contribution in [0.15, 0.2) is 24.3 Å². The van der Waals surface area contributed by atoms with Gasteiger partial charge in [0.1, 0.15) is 11.5 Å². The van der Waals surface area contributed by atoms with Crippen LogP contribution in [-0.4, -0.2) is 50.7 Å². The number of carbonyl (C=O) groups excluding carboxylic acids is 2. The van der Waals surface area contributed by atoms with Crippen LogP contribution < -0.4 is 9.47 Å². The first-order valence-electron chi connectivity index (χ1n) is 8.44. The van der Waals surface area contributed by atoms with E-state index in [0.29, 0.717) is 31.2 Å². The van der Waals surface area contributed by atoms with Gasteiger partial charge in [-0.25, -0.2) is 0 Å². The Morgan fingerprint density at radius 1 is 1.28 bits per heavy atom. The molecule has 2 rings (SSSR count). The molecular weight excluding hydrogens is 322 g/mol. The van der Waals surface area contributed by atoms with E-state index in [-0.39, 0.29) is 17.8 Å². The maximum atomic E-state index is 12.5. The summed E-state index contributed by atoms with van der Waals surface area (Å²) in [6.45, 7) is 3.19. The van der Waals surface area contributed by atoms with Crippen molar-refractivity contribution in [3.05, 3.63) is 29.8 Å². The van der Waals surface area contributed by atoms with E-state index >= 15 is 0 Å². The number of nitrogens with zero attached hydrogens (tertiary/aromatic N) is 1. The van der Waals surface area contributed by atoms with Gasteiger partial charge < -0.3 is 19.1 Å². The summed E-state index contributed by atoms with van der Waals surface area (Å²) in [7, 11) is 3.17. The molecule has 1 aliphatic rings. The first kappa shape index (κ1) is 18.8. The maximum Gasteiger partial charge on any atom is 0.310 e. The fourth-order valence-corrected chi connectivity index (χ4v) is 2.87. The summed E-state index contributed by atoms with van der Waals surface area (Å²) >= 11 is 0. The SMILES string of the molecule is CCOC(=O)C1CCCN(C(=O)/C=C/c2cc(OC)ccc2OC)C1. The Morgan fingerprint density at radius 2 is 2.08 bits per heavy atom. The number of ether oxygens (including phenoxy) is 3. The Bertz CT molecular complexity index is 641. The Morgan fingerprint density at radius 3 is 2.76 bits per heavy atom. The second-order valence-corrected chi connectivity index (χ2v) is 5.82. The van der Waals surface area contributed by atoms with E-state index in [1.165, 1.54) is 6.08 Å². The fraction of sp³-hybridized carbons (Fsp3) is 0.474. The summed E-state index contributed by atoms with van der Waals surface area (Å²) < 4.78 is 15.6. The number of esters is 1. The third kappa shape index (κ3) is 4.98. The van der Waals surface area contributed by atoms with Gasteiger partial charge in [0.05, 0.1) is 26.7 Å². The van der Waals surface area contributed by atoms with Crippen LogP contribution in [-0.2, 0) is 14.3 Å². The van der Waals surface area contributed by atoms with Crippen molar-refractivity contribution in [2.75, 3.05) is 33.9 Å². The van der Waals surface area contributed by atoms with E-state index in [0.717, 1.165) is 18.4 Å². The molecule has 1 fully saturated rings. The number of rotatable bonds is 6. The third-order valence-electron chi connectivity index (χ3n) is 4.20. The van der Waals surface area contributed by atoms with Gasteiger partial charge >= 0.3 is 5.97 Å². The summed E-state index contributed by atoms with van der Waals surface area (Å²) in [5.74, 6) is 0.760. The van der Waals surface area contributed by atoms with Crippen LogP contribution in [0.25, 0.3) is 6.08 Å². The molecule has 1 heterocycles. The van der Waals surface area contributed by atoms with E-state index < -0.39 is 0 Å². The number of carbonyl (C=O) groups is 2. The molecule has 1 unspecified atom stereocenters. The van der Waals surface area contributed by atoms with Gasteiger partial charge in [-0.15, -0.1) is 0 Å². The Labute approximate surface area is 148 Å². The molecule has 6 heteroatoms. The van der Waals surface area contributed by atoms with Crippen LogP contribution in [0.5, 0.6) is 11.5 Å². The molecular formula is C19H25NO5. The summed E-state index contributed by atoms with van der Waals surface area (Å²) in [4.78, 5) is 26.0. The molecule has 0 saturated carbocycles. The van der Waals surface area contributed by atoms with Gasteiger partial charge in [-0.3, -0.25) is 9.59 Å². The molecule has 1 aromatic carbocycles. The number of benzene rings is 1. The normalized spacial score (nSPS) is 17.4. The first-order chi connectivity index (χ1) is 12.1. The van der Waals surface area contributed by atoms with Crippen molar-refractivity contribution in [2.45, 2.75) is 19.8 Å². The Hall–Kier alpha value is -2.50. The number of hydrogen-bond acceptors (Lipinski definition) is 5. The van der Waals surface area contributed by atoms with Crippen molar-refractivity contribution in [3.8, 4) is 11.5 Å². The van der Waals surface area contributed by atoms with E-state index in [9.17, 15) is 9.59 Å². The van der Waals surface area contributed by atoms with Crippen molar-refractivity contribution in [1.82, 2.24) is 4.90 Å². The highest BCUT2D eigenvalue weighted by atomic mass is 16.5. The minimum atomic E-state index is -0.239. The molecule has 1 saturated heterocycles. The lowest BCUT2D eigenvalue weighted by molar-refractivity contribution is -0.150. The summed E-state index contributed by atoms with van der Waals surface area (Å²) in [6, 6.07) is 5.40. The standard InChI is InChI=1S/C19H25NO5/c1-4-25-19(22)15-6-5-11-20(13-15)18(21)10-7-14-12-16(23-2)8-9-17(14)24-3/h7-10,12,15H,4-6,11,13H2,1-3H3/b10-7+. The molecule has 136 valence electrons. The highest BCUT2D eigenvalue weighted by molar-refractivity contribution is 5.92. The Kier molecular flexibility index (Phi) is 6.86. The predicted molar refractivity (Wildman–Crippen MR) is 94.5 cm³/mol. The zero-order chi connectivity index (χ0) is 18.2. The molecule has 0 aromatic heterocycles. The van der Waals surface area contributed by atoms with Crippen LogP contribution in [0.4, 0.5) is 0 Å².